The van der Waals surface area contributed by atoms with Crippen LogP contribution in [0, 0.1) is 13.8 Å². The lowest BCUT2D eigenvalue weighted by atomic mass is 10.1. The van der Waals surface area contributed by atoms with Crippen LogP contribution in [0.5, 0.6) is 0 Å². The Labute approximate surface area is 139 Å². The van der Waals surface area contributed by atoms with Gasteiger partial charge in [0.1, 0.15) is 5.82 Å². The molecule has 0 aliphatic heterocycles. The van der Waals surface area contributed by atoms with Gasteiger partial charge in [-0.1, -0.05) is 6.07 Å². The Kier molecular flexibility index (Phi) is 4.48. The molecule has 23 heavy (non-hydrogen) atoms. The third kappa shape index (κ3) is 3.45. The van der Waals surface area contributed by atoms with Crippen LogP contribution in [0.15, 0.2) is 29.6 Å². The van der Waals surface area contributed by atoms with E-state index in [-0.39, 0.29) is 6.42 Å². The fraction of sp³-hybridized carbons (Fsp3) is 0.333. The van der Waals surface area contributed by atoms with Crippen LogP contribution in [-0.2, 0) is 17.8 Å². The van der Waals surface area contributed by atoms with E-state index in [9.17, 15) is 4.79 Å². The first-order valence-electron chi connectivity index (χ1n) is 7.75. The van der Waals surface area contributed by atoms with Crippen LogP contribution in [0.25, 0.3) is 11.0 Å². The molecule has 0 saturated carbocycles. The zero-order chi connectivity index (χ0) is 16.4. The molecule has 0 saturated heterocycles. The van der Waals surface area contributed by atoms with Crippen LogP contribution < -0.4 is 0 Å². The van der Waals surface area contributed by atoms with Crippen molar-refractivity contribution in [2.24, 2.45) is 0 Å². The standard InChI is InChI=1S/C18H20N2O2S/c1-12-9-15-16(10-13(12)2)20(7-3-6-18(21)22)17(19-15)11-14-5-4-8-23-14/h4-5,8-10H,3,6-7,11H2,1-2H3,(H,21,22). The maximum Gasteiger partial charge on any atom is 0.303 e. The van der Waals surface area contributed by atoms with Gasteiger partial charge in [-0.15, -0.1) is 11.3 Å². The summed E-state index contributed by atoms with van der Waals surface area (Å²) in [5.41, 5.74) is 4.56. The summed E-state index contributed by atoms with van der Waals surface area (Å²) in [6, 6.07) is 8.44. The van der Waals surface area contributed by atoms with Crippen LogP contribution in [0.4, 0.5) is 0 Å². The van der Waals surface area contributed by atoms with E-state index in [1.165, 1.54) is 16.0 Å². The third-order valence-electron chi connectivity index (χ3n) is 4.13. The number of imidazole rings is 1. The van der Waals surface area contributed by atoms with Gasteiger partial charge in [0.05, 0.1) is 11.0 Å². The highest BCUT2D eigenvalue weighted by Crippen LogP contribution is 2.24. The average Bonchev–Trinajstić information content (AvgIpc) is 3.09. The largest absolute Gasteiger partial charge is 0.481 e. The molecule has 2 heterocycles. The lowest BCUT2D eigenvalue weighted by Gasteiger charge is -2.09. The Morgan fingerprint density at radius 3 is 2.78 bits per heavy atom. The summed E-state index contributed by atoms with van der Waals surface area (Å²) in [5.74, 6) is 0.263. The summed E-state index contributed by atoms with van der Waals surface area (Å²) in [5, 5.41) is 11.0. The number of aliphatic carboxylic acids is 1. The number of aromatic nitrogens is 2. The lowest BCUT2D eigenvalue weighted by Crippen LogP contribution is -2.06. The Bertz CT molecular complexity index is 834. The molecule has 3 rings (SSSR count). The molecule has 0 bridgehead atoms. The zero-order valence-electron chi connectivity index (χ0n) is 13.4. The number of benzene rings is 1. The van der Waals surface area contributed by atoms with E-state index in [1.807, 2.05) is 6.07 Å². The van der Waals surface area contributed by atoms with Gasteiger partial charge < -0.3 is 9.67 Å². The highest BCUT2D eigenvalue weighted by molar-refractivity contribution is 7.09. The van der Waals surface area contributed by atoms with Gasteiger partial charge in [0.15, 0.2) is 0 Å². The highest BCUT2D eigenvalue weighted by atomic mass is 32.1. The molecule has 0 spiro atoms. The summed E-state index contributed by atoms with van der Waals surface area (Å²) >= 11 is 1.72. The lowest BCUT2D eigenvalue weighted by molar-refractivity contribution is -0.137. The van der Waals surface area contributed by atoms with Crippen LogP contribution >= 0.6 is 11.3 Å². The molecule has 4 nitrogen and oxygen atoms in total. The van der Waals surface area contributed by atoms with Crippen molar-refractivity contribution in [2.45, 2.75) is 39.7 Å². The first-order chi connectivity index (χ1) is 11.0. The van der Waals surface area contributed by atoms with Gasteiger partial charge >= 0.3 is 5.97 Å². The smallest absolute Gasteiger partial charge is 0.303 e. The van der Waals surface area contributed by atoms with E-state index in [1.54, 1.807) is 11.3 Å². The predicted molar refractivity (Wildman–Crippen MR) is 93.2 cm³/mol. The van der Waals surface area contributed by atoms with Gasteiger partial charge in [-0.3, -0.25) is 4.79 Å². The quantitative estimate of drug-likeness (QED) is 0.739. The number of carboxylic acid groups (broad SMARTS) is 1. The fourth-order valence-electron chi connectivity index (χ4n) is 2.77. The van der Waals surface area contributed by atoms with Crippen molar-refractivity contribution >= 4 is 28.3 Å². The Hall–Kier alpha value is -2.14. The molecule has 1 N–H and O–H groups in total. The number of carbonyl (C=O) groups is 1. The monoisotopic (exact) mass is 328 g/mol. The molecule has 0 atom stereocenters. The number of hydrogen-bond acceptors (Lipinski definition) is 3. The summed E-state index contributed by atoms with van der Waals surface area (Å²) in [7, 11) is 0. The van der Waals surface area contributed by atoms with Crippen molar-refractivity contribution in [1.29, 1.82) is 0 Å². The second-order valence-electron chi connectivity index (χ2n) is 5.86. The first-order valence-corrected chi connectivity index (χ1v) is 8.63. The third-order valence-corrected chi connectivity index (χ3v) is 5.00. The molecular weight excluding hydrogens is 308 g/mol. The maximum atomic E-state index is 10.8. The van der Waals surface area contributed by atoms with Gasteiger partial charge in [0.2, 0.25) is 0 Å². The zero-order valence-corrected chi connectivity index (χ0v) is 14.2. The molecule has 0 unspecified atom stereocenters. The summed E-state index contributed by atoms with van der Waals surface area (Å²) in [6.45, 7) is 4.88. The number of aryl methyl sites for hydroxylation is 3. The molecule has 1 aromatic carbocycles. The first kappa shape index (κ1) is 15.7. The SMILES string of the molecule is Cc1cc2nc(Cc3cccs3)n(CCCC(=O)O)c2cc1C. The second kappa shape index (κ2) is 6.54. The van der Waals surface area contributed by atoms with E-state index < -0.39 is 5.97 Å². The Morgan fingerprint density at radius 2 is 2.09 bits per heavy atom. The minimum absolute atomic E-state index is 0.183. The van der Waals surface area contributed by atoms with E-state index in [0.717, 1.165) is 23.3 Å². The van der Waals surface area contributed by atoms with Crippen LogP contribution in [0.2, 0.25) is 0 Å². The van der Waals surface area contributed by atoms with Crippen LogP contribution in [0.1, 0.15) is 34.7 Å². The fourth-order valence-corrected chi connectivity index (χ4v) is 3.47. The molecule has 120 valence electrons. The van der Waals surface area contributed by atoms with Crippen LogP contribution in [-0.4, -0.2) is 20.6 Å². The normalized spacial score (nSPS) is 11.2. The van der Waals surface area contributed by atoms with Crippen molar-refractivity contribution in [3.63, 3.8) is 0 Å². The van der Waals surface area contributed by atoms with Crippen molar-refractivity contribution < 1.29 is 9.90 Å². The number of nitrogens with zero attached hydrogens (tertiary/aromatic N) is 2. The molecule has 5 heteroatoms. The van der Waals surface area contributed by atoms with Gasteiger partial charge in [-0.2, -0.15) is 0 Å². The maximum absolute atomic E-state index is 10.8. The Morgan fingerprint density at radius 1 is 1.30 bits per heavy atom. The van der Waals surface area contributed by atoms with Crippen molar-refractivity contribution in [3.8, 4) is 0 Å². The van der Waals surface area contributed by atoms with Crippen molar-refractivity contribution in [2.75, 3.05) is 0 Å². The summed E-state index contributed by atoms with van der Waals surface area (Å²) < 4.78 is 2.18. The molecule has 0 aliphatic carbocycles. The van der Waals surface area contributed by atoms with E-state index in [2.05, 4.69) is 42.0 Å². The number of thiophene rings is 1. The number of hydrogen-bond donors (Lipinski definition) is 1. The van der Waals surface area contributed by atoms with Gasteiger partial charge in [0.25, 0.3) is 0 Å². The summed E-state index contributed by atoms with van der Waals surface area (Å²) in [4.78, 5) is 16.9. The number of fused-ring (bicyclic) bond motifs is 1. The summed E-state index contributed by atoms with van der Waals surface area (Å²) in [6.07, 6.45) is 1.59. The van der Waals surface area contributed by atoms with E-state index >= 15 is 0 Å². The van der Waals surface area contributed by atoms with E-state index in [0.29, 0.717) is 13.0 Å². The van der Waals surface area contributed by atoms with Crippen molar-refractivity contribution in [3.05, 3.63) is 51.5 Å². The molecule has 0 fully saturated rings. The van der Waals surface area contributed by atoms with E-state index in [4.69, 9.17) is 10.1 Å². The van der Waals surface area contributed by atoms with Crippen molar-refractivity contribution in [1.82, 2.24) is 9.55 Å². The van der Waals surface area contributed by atoms with Gasteiger partial charge in [-0.05, 0) is 55.0 Å². The second-order valence-corrected chi connectivity index (χ2v) is 6.89. The predicted octanol–water partition coefficient (Wildman–Crippen LogP) is 4.17. The van der Waals surface area contributed by atoms with Gasteiger partial charge in [-0.25, -0.2) is 4.98 Å². The average molecular weight is 328 g/mol. The number of carboxylic acids is 1. The minimum atomic E-state index is -0.749. The minimum Gasteiger partial charge on any atom is -0.481 e. The number of rotatable bonds is 6. The molecule has 2 aromatic heterocycles. The molecule has 0 radical (unpaired) electrons. The Balaban J connectivity index is 1.99. The van der Waals surface area contributed by atoms with Gasteiger partial charge in [0, 0.05) is 24.3 Å². The highest BCUT2D eigenvalue weighted by Gasteiger charge is 2.13. The molecular formula is C18H20N2O2S. The topological polar surface area (TPSA) is 55.1 Å². The van der Waals surface area contributed by atoms with Crippen LogP contribution in [0.3, 0.4) is 0 Å². The molecule has 0 amide bonds. The molecule has 0 aliphatic rings. The molecule has 3 aromatic rings.